The van der Waals surface area contributed by atoms with Gasteiger partial charge in [0.15, 0.2) is 0 Å². The number of hydrogen-bond donors (Lipinski definition) is 0. The van der Waals surface area contributed by atoms with Crippen molar-refractivity contribution in [3.05, 3.63) is 200 Å². The zero-order valence-electron chi connectivity index (χ0n) is 29.8. The van der Waals surface area contributed by atoms with Crippen molar-refractivity contribution in [1.29, 1.82) is 0 Å². The summed E-state index contributed by atoms with van der Waals surface area (Å²) >= 11 is 1.86. The predicted octanol–water partition coefficient (Wildman–Crippen LogP) is 15.6. The van der Waals surface area contributed by atoms with Crippen LogP contribution in [0.2, 0.25) is 0 Å². The molecule has 0 spiro atoms. The molecule has 0 unspecified atom stereocenters. The average Bonchev–Trinajstić information content (AvgIpc) is 3.83. The number of rotatable bonds is 6. The highest BCUT2D eigenvalue weighted by molar-refractivity contribution is 7.26. The van der Waals surface area contributed by atoms with E-state index in [1.54, 1.807) is 0 Å². The summed E-state index contributed by atoms with van der Waals surface area (Å²) in [5, 5.41) is 7.26. The number of anilines is 3. The molecule has 55 heavy (non-hydrogen) atoms. The minimum Gasteiger partial charge on any atom is -0.456 e. The first-order chi connectivity index (χ1) is 27.3. The Morgan fingerprint density at radius 3 is 1.91 bits per heavy atom. The molecule has 0 aliphatic carbocycles. The van der Waals surface area contributed by atoms with Gasteiger partial charge in [-0.2, -0.15) is 0 Å². The van der Waals surface area contributed by atoms with E-state index in [1.807, 2.05) is 23.5 Å². The Labute approximate surface area is 322 Å². The van der Waals surface area contributed by atoms with Crippen LogP contribution in [-0.2, 0) is 0 Å². The SMILES string of the molecule is c1ccc(-c2ccc(N(c3ccc(-c4ccc5oc6ccccc6c5c4)c(-c4cccc5ccccc45)c3)c3cccc4c3sc3ccccc34)cc2)cc1. The Kier molecular flexibility index (Phi) is 7.39. The van der Waals surface area contributed by atoms with Crippen LogP contribution in [0.1, 0.15) is 0 Å². The van der Waals surface area contributed by atoms with E-state index in [4.69, 9.17) is 4.42 Å². The van der Waals surface area contributed by atoms with Gasteiger partial charge in [-0.05, 0) is 98.8 Å². The molecule has 3 heteroatoms. The molecule has 2 nitrogen and oxygen atoms in total. The summed E-state index contributed by atoms with van der Waals surface area (Å²) in [6, 6.07) is 72.4. The molecule has 0 aliphatic heterocycles. The Bertz CT molecular complexity index is 3200. The van der Waals surface area contributed by atoms with Crippen molar-refractivity contribution < 1.29 is 4.42 Å². The summed E-state index contributed by atoms with van der Waals surface area (Å²) in [7, 11) is 0. The van der Waals surface area contributed by atoms with Gasteiger partial charge >= 0.3 is 0 Å². The Balaban J connectivity index is 1.17. The highest BCUT2D eigenvalue weighted by atomic mass is 32.1. The number of para-hydroxylation sites is 1. The number of thiophene rings is 1. The molecule has 0 aliphatic rings. The molecule has 9 aromatic carbocycles. The standard InChI is InChI=1S/C52H33NOS/c1-2-12-34(13-3-1)35-24-27-38(28-25-35)53(48-21-11-20-45-44-18-7-9-23-51(44)55-52(45)48)39-29-30-41(46(33-39)42-19-10-15-36-14-4-5-16-40(36)42)37-26-31-50-47(32-37)43-17-6-8-22-49(43)54-50/h1-33H. The summed E-state index contributed by atoms with van der Waals surface area (Å²) in [6.07, 6.45) is 0. The smallest absolute Gasteiger partial charge is 0.135 e. The molecular formula is C52H33NOS. The molecule has 258 valence electrons. The molecule has 0 saturated heterocycles. The van der Waals surface area contributed by atoms with Crippen molar-refractivity contribution >= 4 is 81.3 Å². The van der Waals surface area contributed by atoms with Gasteiger partial charge in [-0.3, -0.25) is 0 Å². The van der Waals surface area contributed by atoms with Gasteiger partial charge in [-0.15, -0.1) is 11.3 Å². The number of nitrogens with zero attached hydrogens (tertiary/aromatic N) is 1. The first-order valence-electron chi connectivity index (χ1n) is 18.7. The molecule has 0 atom stereocenters. The summed E-state index contributed by atoms with van der Waals surface area (Å²) in [5.41, 5.74) is 12.3. The van der Waals surface area contributed by atoms with E-state index in [9.17, 15) is 0 Å². The minimum atomic E-state index is 0.898. The molecular weight excluding hydrogens is 687 g/mol. The van der Waals surface area contributed by atoms with Crippen molar-refractivity contribution in [3.8, 4) is 33.4 Å². The summed E-state index contributed by atoms with van der Waals surface area (Å²) in [6.45, 7) is 0. The lowest BCUT2D eigenvalue weighted by Crippen LogP contribution is -2.10. The summed E-state index contributed by atoms with van der Waals surface area (Å²) in [4.78, 5) is 2.44. The first kappa shape index (κ1) is 31.6. The second-order valence-electron chi connectivity index (χ2n) is 14.1. The summed E-state index contributed by atoms with van der Waals surface area (Å²) < 4.78 is 8.81. The van der Waals surface area contributed by atoms with Crippen LogP contribution in [0.25, 0.3) is 86.3 Å². The van der Waals surface area contributed by atoms with Crippen LogP contribution in [0.15, 0.2) is 205 Å². The lowest BCUT2D eigenvalue weighted by Gasteiger charge is -2.27. The average molecular weight is 720 g/mol. The Morgan fingerprint density at radius 1 is 0.364 bits per heavy atom. The van der Waals surface area contributed by atoms with Crippen LogP contribution in [0, 0.1) is 0 Å². The highest BCUT2D eigenvalue weighted by Gasteiger charge is 2.21. The van der Waals surface area contributed by atoms with Crippen LogP contribution < -0.4 is 4.90 Å². The number of hydrogen-bond acceptors (Lipinski definition) is 3. The topological polar surface area (TPSA) is 16.4 Å². The molecule has 0 bridgehead atoms. The number of benzene rings is 9. The quantitative estimate of drug-likeness (QED) is 0.170. The fourth-order valence-electron chi connectivity index (χ4n) is 8.27. The van der Waals surface area contributed by atoms with Crippen molar-refractivity contribution in [2.24, 2.45) is 0 Å². The van der Waals surface area contributed by atoms with E-state index < -0.39 is 0 Å². The van der Waals surface area contributed by atoms with Crippen molar-refractivity contribution in [1.82, 2.24) is 0 Å². The van der Waals surface area contributed by atoms with Crippen LogP contribution in [-0.4, -0.2) is 0 Å². The monoisotopic (exact) mass is 719 g/mol. The van der Waals surface area contributed by atoms with Gasteiger partial charge in [0.1, 0.15) is 11.2 Å². The maximum Gasteiger partial charge on any atom is 0.135 e. The third-order valence-electron chi connectivity index (χ3n) is 10.9. The van der Waals surface area contributed by atoms with Gasteiger partial charge < -0.3 is 9.32 Å². The molecule has 2 heterocycles. The molecule has 2 aromatic heterocycles. The normalized spacial score (nSPS) is 11.6. The van der Waals surface area contributed by atoms with E-state index in [0.717, 1.165) is 44.6 Å². The van der Waals surface area contributed by atoms with Crippen LogP contribution >= 0.6 is 11.3 Å². The van der Waals surface area contributed by atoms with E-state index >= 15 is 0 Å². The molecule has 11 aromatic rings. The largest absolute Gasteiger partial charge is 0.456 e. The molecule has 0 saturated carbocycles. The second kappa shape index (κ2) is 12.9. The third kappa shape index (κ3) is 5.32. The van der Waals surface area contributed by atoms with Gasteiger partial charge in [0.25, 0.3) is 0 Å². The lowest BCUT2D eigenvalue weighted by atomic mass is 9.90. The van der Waals surface area contributed by atoms with Crippen LogP contribution in [0.5, 0.6) is 0 Å². The highest BCUT2D eigenvalue weighted by Crippen LogP contribution is 2.47. The van der Waals surface area contributed by atoms with E-state index in [-0.39, 0.29) is 0 Å². The maximum atomic E-state index is 6.25. The molecule has 0 fully saturated rings. The van der Waals surface area contributed by atoms with E-state index in [0.29, 0.717) is 0 Å². The lowest BCUT2D eigenvalue weighted by molar-refractivity contribution is 0.669. The summed E-state index contributed by atoms with van der Waals surface area (Å²) in [5.74, 6) is 0. The number of fused-ring (bicyclic) bond motifs is 7. The fraction of sp³-hybridized carbons (Fsp3) is 0. The Hall–Kier alpha value is -6.94. The minimum absolute atomic E-state index is 0.898. The van der Waals surface area contributed by atoms with Crippen molar-refractivity contribution in [2.45, 2.75) is 0 Å². The van der Waals surface area contributed by atoms with Crippen molar-refractivity contribution in [3.63, 3.8) is 0 Å². The Morgan fingerprint density at radius 2 is 1.02 bits per heavy atom. The van der Waals surface area contributed by atoms with E-state index in [2.05, 4.69) is 193 Å². The second-order valence-corrected chi connectivity index (χ2v) is 15.1. The molecule has 0 radical (unpaired) electrons. The van der Waals surface area contributed by atoms with Gasteiger partial charge in [-0.25, -0.2) is 0 Å². The predicted molar refractivity (Wildman–Crippen MR) is 235 cm³/mol. The van der Waals surface area contributed by atoms with Crippen molar-refractivity contribution in [2.75, 3.05) is 4.90 Å². The van der Waals surface area contributed by atoms with Gasteiger partial charge in [-0.1, -0.05) is 146 Å². The first-order valence-corrected chi connectivity index (χ1v) is 19.5. The molecule has 0 amide bonds. The van der Waals surface area contributed by atoms with Crippen LogP contribution in [0.4, 0.5) is 17.1 Å². The van der Waals surface area contributed by atoms with Crippen LogP contribution in [0.3, 0.4) is 0 Å². The fourth-order valence-corrected chi connectivity index (χ4v) is 9.48. The maximum absolute atomic E-state index is 6.25. The zero-order chi connectivity index (χ0) is 36.3. The third-order valence-corrected chi connectivity index (χ3v) is 12.1. The molecule has 0 N–H and O–H groups in total. The van der Waals surface area contributed by atoms with E-state index in [1.165, 1.54) is 58.8 Å². The molecule has 11 rings (SSSR count). The van der Waals surface area contributed by atoms with Gasteiger partial charge in [0.05, 0.1) is 10.4 Å². The zero-order valence-corrected chi connectivity index (χ0v) is 30.6. The number of furan rings is 1. The van der Waals surface area contributed by atoms with Gasteiger partial charge in [0.2, 0.25) is 0 Å². The van der Waals surface area contributed by atoms with Gasteiger partial charge in [0, 0.05) is 37.6 Å².